The summed E-state index contributed by atoms with van der Waals surface area (Å²) in [5.74, 6) is -2.81. The van der Waals surface area contributed by atoms with E-state index in [4.69, 9.17) is 0 Å². The van der Waals surface area contributed by atoms with Crippen LogP contribution in [0.1, 0.15) is 90.0 Å². The second kappa shape index (κ2) is 15.9. The van der Waals surface area contributed by atoms with E-state index in [1.807, 2.05) is 0 Å². The zero-order chi connectivity index (χ0) is 24.0. The quantitative estimate of drug-likeness (QED) is 0.606. The highest BCUT2D eigenvalue weighted by Crippen LogP contribution is 2.02. The highest BCUT2D eigenvalue weighted by Gasteiger charge is 2.13. The lowest BCUT2D eigenvalue weighted by atomic mass is 10.1. The van der Waals surface area contributed by atoms with Crippen molar-refractivity contribution in [3.63, 3.8) is 0 Å². The van der Waals surface area contributed by atoms with E-state index in [1.54, 1.807) is 9.80 Å². The van der Waals surface area contributed by atoms with Crippen molar-refractivity contribution in [3.05, 3.63) is 35.4 Å². The predicted octanol–water partition coefficient (Wildman–Crippen LogP) is -0.170. The fourth-order valence-corrected chi connectivity index (χ4v) is 3.74. The van der Waals surface area contributed by atoms with E-state index in [-0.39, 0.29) is 11.1 Å². The van der Waals surface area contributed by atoms with Gasteiger partial charge < -0.3 is 29.6 Å². The second-order valence-corrected chi connectivity index (χ2v) is 8.63. The van der Waals surface area contributed by atoms with Crippen LogP contribution in [0, 0.1) is 0 Å². The number of carbonyl (C=O) groups is 2. The molecule has 1 aromatic rings. The molecule has 1 aromatic carbocycles. The van der Waals surface area contributed by atoms with Crippen molar-refractivity contribution in [2.24, 2.45) is 0 Å². The van der Waals surface area contributed by atoms with Crippen molar-refractivity contribution in [2.75, 3.05) is 13.1 Å². The van der Waals surface area contributed by atoms with Crippen molar-refractivity contribution >= 4 is 11.9 Å². The van der Waals surface area contributed by atoms with Crippen LogP contribution in [0.3, 0.4) is 0 Å². The summed E-state index contributed by atoms with van der Waals surface area (Å²) in [5, 5.41) is 20.5. The summed E-state index contributed by atoms with van der Waals surface area (Å²) in [5.41, 5.74) is -0.339. The molecule has 174 valence electrons. The molecule has 1 rings (SSSR count). The Balaban J connectivity index is 0. The Morgan fingerprint density at radius 2 is 0.967 bits per heavy atom. The molecule has 0 spiro atoms. The van der Waals surface area contributed by atoms with Crippen LogP contribution in [0.2, 0.25) is 0 Å². The largest absolute Gasteiger partial charge is 0.545 e. The zero-order valence-corrected chi connectivity index (χ0v) is 20.7. The minimum Gasteiger partial charge on any atom is -0.545 e. The van der Waals surface area contributed by atoms with E-state index >= 15 is 0 Å². The summed E-state index contributed by atoms with van der Waals surface area (Å²) in [6.45, 7) is 25.2. The summed E-state index contributed by atoms with van der Waals surface area (Å²) < 4.78 is 0. The Kier molecular flexibility index (Phi) is 16.0. The molecule has 0 unspecified atom stereocenters. The van der Waals surface area contributed by atoms with Crippen LogP contribution in [-0.2, 0) is 0 Å². The van der Waals surface area contributed by atoms with E-state index in [9.17, 15) is 19.8 Å². The van der Waals surface area contributed by atoms with Crippen LogP contribution in [0.4, 0.5) is 0 Å². The molecule has 0 aliphatic rings. The van der Waals surface area contributed by atoms with Crippen molar-refractivity contribution in [2.45, 2.75) is 93.4 Å². The van der Waals surface area contributed by atoms with Crippen molar-refractivity contribution in [1.82, 2.24) is 0 Å². The lowest BCUT2D eigenvalue weighted by molar-refractivity contribution is -0.940. The van der Waals surface area contributed by atoms with E-state index in [0.29, 0.717) is 0 Å². The van der Waals surface area contributed by atoms with E-state index in [1.165, 1.54) is 31.3 Å². The van der Waals surface area contributed by atoms with Gasteiger partial charge in [0.15, 0.2) is 0 Å². The van der Waals surface area contributed by atoms with Crippen LogP contribution < -0.4 is 20.0 Å². The smallest absolute Gasteiger partial charge is 0.0819 e. The molecule has 6 nitrogen and oxygen atoms in total. The molecule has 0 aliphatic carbocycles. The number of rotatable bonds is 8. The highest BCUT2D eigenvalue weighted by atomic mass is 16.4. The maximum Gasteiger partial charge on any atom is 0.0819 e. The third-order valence-electron chi connectivity index (χ3n) is 5.12. The van der Waals surface area contributed by atoms with E-state index in [0.717, 1.165) is 30.2 Å². The zero-order valence-electron chi connectivity index (χ0n) is 20.7. The van der Waals surface area contributed by atoms with E-state index < -0.39 is 11.9 Å². The van der Waals surface area contributed by atoms with Gasteiger partial charge in [-0.15, -0.1) is 0 Å². The van der Waals surface area contributed by atoms with Crippen LogP contribution in [0.15, 0.2) is 24.3 Å². The fraction of sp³-hybridized carbons (Fsp3) is 0.667. The Morgan fingerprint density at radius 1 is 0.700 bits per heavy atom. The second-order valence-electron chi connectivity index (χ2n) is 8.63. The Morgan fingerprint density at radius 3 is 1.10 bits per heavy atom. The van der Waals surface area contributed by atoms with Gasteiger partial charge in [-0.25, -0.2) is 0 Å². The third kappa shape index (κ3) is 12.6. The minimum atomic E-state index is -1.40. The molecule has 0 amide bonds. The van der Waals surface area contributed by atoms with Gasteiger partial charge in [-0.1, -0.05) is 18.2 Å². The number of carbonyl (C=O) groups excluding carboxylic acids is 2. The molecule has 0 saturated heterocycles. The molecule has 0 bridgehead atoms. The molecule has 0 atom stereocenters. The Labute approximate surface area is 183 Å². The van der Waals surface area contributed by atoms with Gasteiger partial charge in [0.1, 0.15) is 0 Å². The van der Waals surface area contributed by atoms with Gasteiger partial charge in [0.05, 0.1) is 49.2 Å². The monoisotopic (exact) mass is 424 g/mol. The third-order valence-corrected chi connectivity index (χ3v) is 5.12. The molecule has 6 heteroatoms. The van der Waals surface area contributed by atoms with Gasteiger partial charge >= 0.3 is 0 Å². The number of hydrogen-bond acceptors (Lipinski definition) is 4. The first-order valence-corrected chi connectivity index (χ1v) is 11.0. The maximum atomic E-state index is 10.3. The standard InChI is InChI=1S/2C8H19N.C8H6O4/c2*1-6-9(7(2)3)8(4)5;9-7(10)5-2-1-3-6(4-5)8(11)12/h2*7-8H,6H2,1-5H3;1-4H,(H,9,10)(H,11,12). The molecule has 0 heterocycles. The number of nitrogens with one attached hydrogen (secondary N) is 2. The maximum absolute atomic E-state index is 10.3. The van der Waals surface area contributed by atoms with Gasteiger partial charge in [0, 0.05) is 0 Å². The first-order valence-electron chi connectivity index (χ1n) is 11.0. The number of carboxylic acid groups (broad SMARTS) is 2. The average molecular weight is 425 g/mol. The van der Waals surface area contributed by atoms with Gasteiger partial charge in [-0.05, 0) is 86.4 Å². The Hall–Kier alpha value is -1.92. The Bertz CT molecular complexity index is 548. The van der Waals surface area contributed by atoms with Crippen molar-refractivity contribution in [1.29, 1.82) is 0 Å². The summed E-state index contributed by atoms with van der Waals surface area (Å²) in [7, 11) is 0. The number of quaternary nitrogens is 2. The van der Waals surface area contributed by atoms with Crippen molar-refractivity contribution in [3.8, 4) is 0 Å². The minimum absolute atomic E-state index is 0.170. The fourth-order valence-electron chi connectivity index (χ4n) is 3.74. The molecular weight excluding hydrogens is 380 g/mol. The summed E-state index contributed by atoms with van der Waals surface area (Å²) >= 11 is 0. The molecule has 0 aromatic heterocycles. The first-order chi connectivity index (χ1) is 13.8. The number of hydrogen-bond donors (Lipinski definition) is 2. The van der Waals surface area contributed by atoms with Crippen LogP contribution >= 0.6 is 0 Å². The average Bonchev–Trinajstić information content (AvgIpc) is 2.62. The number of aromatic carboxylic acids is 2. The summed E-state index contributed by atoms with van der Waals surface area (Å²) in [6.07, 6.45) is 0. The van der Waals surface area contributed by atoms with Crippen LogP contribution in [0.5, 0.6) is 0 Å². The highest BCUT2D eigenvalue weighted by molar-refractivity contribution is 5.91. The van der Waals surface area contributed by atoms with Gasteiger partial charge in [-0.3, -0.25) is 0 Å². The molecule has 0 saturated carbocycles. The molecule has 0 aliphatic heterocycles. The van der Waals surface area contributed by atoms with E-state index in [2.05, 4.69) is 69.2 Å². The molecule has 0 radical (unpaired) electrons. The molecule has 30 heavy (non-hydrogen) atoms. The van der Waals surface area contributed by atoms with Crippen LogP contribution in [0.25, 0.3) is 0 Å². The molecule has 2 N–H and O–H groups in total. The lowest BCUT2D eigenvalue weighted by Gasteiger charge is -2.25. The van der Waals surface area contributed by atoms with Crippen molar-refractivity contribution < 1.29 is 29.6 Å². The predicted molar refractivity (Wildman–Crippen MR) is 119 cm³/mol. The molecular formula is C24H44N2O4. The summed E-state index contributed by atoms with van der Waals surface area (Å²) in [4.78, 5) is 23.9. The number of benzene rings is 1. The SMILES string of the molecule is CC[NH+](C(C)C)C(C)C.CC[NH+](C(C)C)C(C)C.O=C([O-])c1cccc(C(=O)[O-])c1. The van der Waals surface area contributed by atoms with Gasteiger partial charge in [-0.2, -0.15) is 0 Å². The molecule has 0 fully saturated rings. The summed E-state index contributed by atoms with van der Waals surface area (Å²) in [6, 6.07) is 7.90. The first kappa shape index (κ1) is 30.3. The lowest BCUT2D eigenvalue weighted by Crippen LogP contribution is -3.17. The normalized spacial score (nSPS) is 10.9. The topological polar surface area (TPSA) is 89.1 Å². The van der Waals surface area contributed by atoms with Gasteiger partial charge in [0.2, 0.25) is 0 Å². The van der Waals surface area contributed by atoms with Gasteiger partial charge in [0.25, 0.3) is 0 Å². The van der Waals surface area contributed by atoms with Crippen LogP contribution in [-0.4, -0.2) is 49.2 Å². The number of carboxylic acids is 2.